The summed E-state index contributed by atoms with van der Waals surface area (Å²) in [6.45, 7) is 12.6. The van der Waals surface area contributed by atoms with Crippen LogP contribution in [0.3, 0.4) is 0 Å². The lowest BCUT2D eigenvalue weighted by atomic mass is 10.2. The smallest absolute Gasteiger partial charge is 0.330 e. The van der Waals surface area contributed by atoms with Gasteiger partial charge in [0.15, 0.2) is 0 Å². The molecule has 0 aromatic rings. The first-order valence-electron chi connectivity index (χ1n) is 7.30. The second-order valence-electron chi connectivity index (χ2n) is 4.69. The van der Waals surface area contributed by atoms with Gasteiger partial charge in [0.2, 0.25) is 0 Å². The van der Waals surface area contributed by atoms with Crippen molar-refractivity contribution in [1.29, 1.82) is 0 Å². The van der Waals surface area contributed by atoms with Gasteiger partial charge in [0.05, 0.1) is 0 Å². The van der Waals surface area contributed by atoms with Gasteiger partial charge in [-0.05, 0) is 39.8 Å². The van der Waals surface area contributed by atoms with Crippen LogP contribution in [-0.2, 0) is 9.59 Å². The van der Waals surface area contributed by atoms with E-state index >= 15 is 0 Å². The van der Waals surface area contributed by atoms with Crippen LogP contribution in [0.25, 0.3) is 0 Å². The summed E-state index contributed by atoms with van der Waals surface area (Å²) in [4.78, 5) is 22.6. The third-order valence-corrected chi connectivity index (χ3v) is 3.06. The molecular formula is C16H29NO4. The molecular weight excluding hydrogens is 270 g/mol. The van der Waals surface area contributed by atoms with Crippen molar-refractivity contribution < 1.29 is 19.8 Å². The van der Waals surface area contributed by atoms with Crippen LogP contribution in [0, 0.1) is 0 Å². The second-order valence-corrected chi connectivity index (χ2v) is 4.69. The van der Waals surface area contributed by atoms with E-state index in [0.29, 0.717) is 5.57 Å². The van der Waals surface area contributed by atoms with Gasteiger partial charge in [-0.1, -0.05) is 32.4 Å². The molecule has 2 N–H and O–H groups in total. The predicted octanol–water partition coefficient (Wildman–Crippen LogP) is 3.18. The van der Waals surface area contributed by atoms with Crippen LogP contribution < -0.4 is 0 Å². The average Bonchev–Trinajstić information content (AvgIpc) is 2.43. The minimum atomic E-state index is -0.857. The summed E-state index contributed by atoms with van der Waals surface area (Å²) in [6.07, 6.45) is 4.63. The number of carboxylic acids is 2. The fraction of sp³-hybridized carbons (Fsp3) is 0.625. The summed E-state index contributed by atoms with van der Waals surface area (Å²) >= 11 is 0. The highest BCUT2D eigenvalue weighted by Crippen LogP contribution is 1.97. The van der Waals surface area contributed by atoms with E-state index in [1.165, 1.54) is 6.08 Å². The van der Waals surface area contributed by atoms with Crippen molar-refractivity contribution in [2.24, 2.45) is 0 Å². The van der Waals surface area contributed by atoms with Crippen LogP contribution >= 0.6 is 0 Å². The van der Waals surface area contributed by atoms with Crippen molar-refractivity contribution in [3.05, 3.63) is 23.3 Å². The van der Waals surface area contributed by atoms with Crippen molar-refractivity contribution in [2.75, 3.05) is 19.6 Å². The monoisotopic (exact) mass is 299 g/mol. The summed E-state index contributed by atoms with van der Waals surface area (Å²) in [5.74, 6) is -1.68. The number of carboxylic acid groups (broad SMARTS) is 2. The van der Waals surface area contributed by atoms with Gasteiger partial charge >= 0.3 is 11.9 Å². The average molecular weight is 299 g/mol. The molecule has 5 heteroatoms. The molecule has 0 radical (unpaired) electrons. The molecule has 0 aromatic carbocycles. The van der Waals surface area contributed by atoms with Crippen molar-refractivity contribution in [3.63, 3.8) is 0 Å². The summed E-state index contributed by atoms with van der Waals surface area (Å²) < 4.78 is 0. The SMILES string of the molecule is CCC(C)=CC(=O)O.CCN(CC)CCC=C(C)C(=O)O. The Bertz CT molecular complexity index is 368. The molecule has 0 aliphatic rings. The Kier molecular flexibility index (Phi) is 13.8. The molecule has 0 atom stereocenters. The lowest BCUT2D eigenvalue weighted by Gasteiger charge is -2.16. The van der Waals surface area contributed by atoms with Gasteiger partial charge in [0.25, 0.3) is 0 Å². The van der Waals surface area contributed by atoms with Gasteiger partial charge < -0.3 is 15.1 Å². The molecule has 0 bridgehead atoms. The minimum Gasteiger partial charge on any atom is -0.478 e. The van der Waals surface area contributed by atoms with Crippen LogP contribution in [0.2, 0.25) is 0 Å². The second kappa shape index (κ2) is 13.4. The topological polar surface area (TPSA) is 77.8 Å². The Hall–Kier alpha value is -1.62. The maximum absolute atomic E-state index is 10.4. The van der Waals surface area contributed by atoms with Crippen LogP contribution in [0.5, 0.6) is 0 Å². The van der Waals surface area contributed by atoms with Crippen molar-refractivity contribution in [2.45, 2.75) is 47.5 Å². The van der Waals surface area contributed by atoms with Crippen LogP contribution in [0.4, 0.5) is 0 Å². The fourth-order valence-electron chi connectivity index (χ4n) is 1.40. The highest BCUT2D eigenvalue weighted by atomic mass is 16.4. The van der Waals surface area contributed by atoms with Crippen molar-refractivity contribution >= 4 is 11.9 Å². The van der Waals surface area contributed by atoms with Gasteiger partial charge in [0.1, 0.15) is 0 Å². The summed E-state index contributed by atoms with van der Waals surface area (Å²) in [5.41, 5.74) is 1.34. The molecule has 122 valence electrons. The Morgan fingerprint density at radius 1 is 1.05 bits per heavy atom. The zero-order valence-electron chi connectivity index (χ0n) is 13.8. The van der Waals surface area contributed by atoms with E-state index < -0.39 is 11.9 Å². The maximum atomic E-state index is 10.4. The summed E-state index contributed by atoms with van der Waals surface area (Å²) in [5, 5.41) is 16.7. The van der Waals surface area contributed by atoms with E-state index in [1.807, 2.05) is 6.92 Å². The van der Waals surface area contributed by atoms with E-state index in [1.54, 1.807) is 19.9 Å². The molecule has 0 rings (SSSR count). The van der Waals surface area contributed by atoms with Gasteiger partial charge in [-0.3, -0.25) is 0 Å². The molecule has 0 amide bonds. The first-order valence-corrected chi connectivity index (χ1v) is 7.30. The summed E-state index contributed by atoms with van der Waals surface area (Å²) in [6, 6.07) is 0. The van der Waals surface area contributed by atoms with Crippen molar-refractivity contribution in [3.8, 4) is 0 Å². The molecule has 21 heavy (non-hydrogen) atoms. The molecule has 0 aromatic heterocycles. The molecule has 0 heterocycles. The van der Waals surface area contributed by atoms with E-state index in [0.717, 1.165) is 38.0 Å². The number of hydrogen-bond acceptors (Lipinski definition) is 3. The minimum absolute atomic E-state index is 0.437. The first kappa shape index (κ1) is 21.7. The van der Waals surface area contributed by atoms with Crippen LogP contribution in [-0.4, -0.2) is 46.7 Å². The summed E-state index contributed by atoms with van der Waals surface area (Å²) in [7, 11) is 0. The zero-order valence-corrected chi connectivity index (χ0v) is 13.8. The van der Waals surface area contributed by atoms with Crippen LogP contribution in [0.1, 0.15) is 47.5 Å². The number of rotatable bonds is 8. The predicted molar refractivity (Wildman–Crippen MR) is 85.5 cm³/mol. The Labute approximate surface area is 128 Å². The highest BCUT2D eigenvalue weighted by Gasteiger charge is 2.00. The molecule has 0 saturated carbocycles. The van der Waals surface area contributed by atoms with E-state index in [9.17, 15) is 9.59 Å². The lowest BCUT2D eigenvalue weighted by Crippen LogP contribution is -2.23. The van der Waals surface area contributed by atoms with Gasteiger partial charge in [-0.15, -0.1) is 0 Å². The molecule has 0 fully saturated rings. The Morgan fingerprint density at radius 3 is 1.86 bits per heavy atom. The van der Waals surface area contributed by atoms with Crippen LogP contribution in [0.15, 0.2) is 23.3 Å². The number of nitrogens with zero attached hydrogens (tertiary/aromatic N) is 1. The third-order valence-electron chi connectivity index (χ3n) is 3.06. The van der Waals surface area contributed by atoms with E-state index in [-0.39, 0.29) is 0 Å². The largest absolute Gasteiger partial charge is 0.478 e. The third kappa shape index (κ3) is 14.6. The number of allylic oxidation sites excluding steroid dienone is 1. The Morgan fingerprint density at radius 2 is 1.57 bits per heavy atom. The van der Waals surface area contributed by atoms with E-state index in [4.69, 9.17) is 10.2 Å². The van der Waals surface area contributed by atoms with Gasteiger partial charge in [0, 0.05) is 18.2 Å². The maximum Gasteiger partial charge on any atom is 0.330 e. The quantitative estimate of drug-likeness (QED) is 0.673. The fourth-order valence-corrected chi connectivity index (χ4v) is 1.40. The number of aliphatic carboxylic acids is 2. The lowest BCUT2D eigenvalue weighted by molar-refractivity contribution is -0.133. The number of hydrogen-bond donors (Lipinski definition) is 2. The first-order chi connectivity index (χ1) is 9.78. The molecule has 0 unspecified atom stereocenters. The number of carbonyl (C=O) groups is 2. The Balaban J connectivity index is 0. The standard InChI is InChI=1S/C10H19NO2.C6H10O2/c1-4-11(5-2)8-6-7-9(3)10(12)13;1-3-5(2)4-6(7)8/h7H,4-6,8H2,1-3H3,(H,12,13);4H,3H2,1-2H3,(H,7,8). The molecule has 0 saturated heterocycles. The normalized spacial score (nSPS) is 11.9. The molecule has 0 aliphatic carbocycles. The van der Waals surface area contributed by atoms with Crippen molar-refractivity contribution in [1.82, 2.24) is 4.90 Å². The molecule has 0 spiro atoms. The highest BCUT2D eigenvalue weighted by molar-refractivity contribution is 5.85. The molecule has 0 aliphatic heterocycles. The van der Waals surface area contributed by atoms with E-state index in [2.05, 4.69) is 18.7 Å². The zero-order chi connectivity index (χ0) is 16.8. The van der Waals surface area contributed by atoms with Gasteiger partial charge in [-0.25, -0.2) is 9.59 Å². The molecule has 5 nitrogen and oxygen atoms in total. The van der Waals surface area contributed by atoms with Gasteiger partial charge in [-0.2, -0.15) is 0 Å².